The van der Waals surface area contributed by atoms with Gasteiger partial charge in [-0.15, -0.1) is 0 Å². The Morgan fingerprint density at radius 3 is 2.67 bits per heavy atom. The van der Waals surface area contributed by atoms with Gasteiger partial charge in [0.1, 0.15) is 12.3 Å². The number of likely N-dealkylation sites (N-methyl/N-ethyl adjacent to an activating group) is 1. The van der Waals surface area contributed by atoms with Gasteiger partial charge in [0.15, 0.2) is 0 Å². The second-order valence-corrected chi connectivity index (χ2v) is 6.99. The summed E-state index contributed by atoms with van der Waals surface area (Å²) in [5, 5.41) is 4.25. The molecule has 0 unspecified atom stereocenters. The number of aryl methyl sites for hydroxylation is 1. The van der Waals surface area contributed by atoms with Crippen LogP contribution in [0, 0.1) is 6.92 Å². The summed E-state index contributed by atoms with van der Waals surface area (Å²) in [4.78, 5) is 14.7. The van der Waals surface area contributed by atoms with Crippen LogP contribution in [0.2, 0.25) is 0 Å². The maximum Gasteiger partial charge on any atom is 0.240 e. The van der Waals surface area contributed by atoms with E-state index in [1.165, 1.54) is 0 Å². The molecule has 5 heteroatoms. The molecule has 0 saturated carbocycles. The minimum Gasteiger partial charge on any atom is -0.497 e. The highest BCUT2D eigenvalue weighted by atomic mass is 16.5. The Labute approximate surface area is 160 Å². The third-order valence-electron chi connectivity index (χ3n) is 4.91. The summed E-state index contributed by atoms with van der Waals surface area (Å²) in [7, 11) is 5.69. The molecule has 1 amide bonds. The maximum atomic E-state index is 12.6. The zero-order valence-electron chi connectivity index (χ0n) is 16.4. The molecule has 1 aromatic heterocycles. The highest BCUT2D eigenvalue weighted by Gasteiger charge is 2.17. The van der Waals surface area contributed by atoms with Gasteiger partial charge in [0.25, 0.3) is 0 Å². The average molecular weight is 365 g/mol. The van der Waals surface area contributed by atoms with Gasteiger partial charge < -0.3 is 19.5 Å². The van der Waals surface area contributed by atoms with Crippen molar-refractivity contribution in [2.75, 3.05) is 27.7 Å². The molecule has 0 saturated heterocycles. The van der Waals surface area contributed by atoms with Crippen LogP contribution >= 0.6 is 0 Å². The van der Waals surface area contributed by atoms with E-state index in [0.29, 0.717) is 13.1 Å². The Bertz CT molecular complexity index is 930. The number of hydrogen-bond acceptors (Lipinski definition) is 3. The van der Waals surface area contributed by atoms with Crippen molar-refractivity contribution in [3.05, 3.63) is 65.9 Å². The van der Waals surface area contributed by atoms with E-state index in [4.69, 9.17) is 4.74 Å². The zero-order valence-corrected chi connectivity index (χ0v) is 16.4. The molecule has 2 aromatic carbocycles. The lowest BCUT2D eigenvalue weighted by Gasteiger charge is -2.25. The van der Waals surface area contributed by atoms with Gasteiger partial charge in [0.2, 0.25) is 5.91 Å². The first kappa shape index (κ1) is 19.0. The molecule has 27 heavy (non-hydrogen) atoms. The molecule has 3 rings (SSSR count). The van der Waals surface area contributed by atoms with E-state index in [-0.39, 0.29) is 11.9 Å². The third kappa shape index (κ3) is 4.31. The topological polar surface area (TPSA) is 46.5 Å². The first-order valence-corrected chi connectivity index (χ1v) is 9.11. The van der Waals surface area contributed by atoms with Crippen LogP contribution in [0.15, 0.2) is 54.6 Å². The summed E-state index contributed by atoms with van der Waals surface area (Å²) in [5.41, 5.74) is 3.28. The molecule has 0 aliphatic heterocycles. The van der Waals surface area contributed by atoms with Gasteiger partial charge in [0, 0.05) is 17.8 Å². The highest BCUT2D eigenvalue weighted by Crippen LogP contribution is 2.22. The number of benzene rings is 2. The van der Waals surface area contributed by atoms with Crippen LogP contribution < -0.4 is 10.1 Å². The lowest BCUT2D eigenvalue weighted by atomic mass is 10.1. The van der Waals surface area contributed by atoms with Crippen molar-refractivity contribution in [3.63, 3.8) is 0 Å². The Morgan fingerprint density at radius 1 is 1.15 bits per heavy atom. The molecule has 142 valence electrons. The largest absolute Gasteiger partial charge is 0.497 e. The van der Waals surface area contributed by atoms with Gasteiger partial charge in [-0.3, -0.25) is 4.79 Å². The van der Waals surface area contributed by atoms with E-state index in [1.54, 1.807) is 7.11 Å². The number of carbonyl (C=O) groups is 1. The van der Waals surface area contributed by atoms with E-state index in [2.05, 4.69) is 39.0 Å². The number of nitrogens with zero attached hydrogens (tertiary/aromatic N) is 2. The minimum atomic E-state index is 0.00852. The lowest BCUT2D eigenvalue weighted by molar-refractivity contribution is -0.121. The first-order valence-electron chi connectivity index (χ1n) is 9.11. The summed E-state index contributed by atoms with van der Waals surface area (Å²) in [6.07, 6.45) is 0. The van der Waals surface area contributed by atoms with Crippen molar-refractivity contribution in [1.82, 2.24) is 14.8 Å². The van der Waals surface area contributed by atoms with Crippen LogP contribution in [-0.4, -0.2) is 43.1 Å². The molecular weight excluding hydrogens is 338 g/mol. The van der Waals surface area contributed by atoms with Crippen LogP contribution in [0.4, 0.5) is 0 Å². The Balaban J connectivity index is 1.70. The van der Waals surface area contributed by atoms with Crippen molar-refractivity contribution in [3.8, 4) is 5.75 Å². The number of nitrogens with one attached hydrogen (secondary N) is 1. The van der Waals surface area contributed by atoms with Crippen LogP contribution in [-0.2, 0) is 11.3 Å². The van der Waals surface area contributed by atoms with Crippen LogP contribution in [0.1, 0.15) is 17.3 Å². The molecule has 0 spiro atoms. The van der Waals surface area contributed by atoms with Gasteiger partial charge in [-0.25, -0.2) is 0 Å². The summed E-state index contributed by atoms with van der Waals surface area (Å²) < 4.78 is 7.38. The average Bonchev–Trinajstić information content (AvgIpc) is 2.97. The van der Waals surface area contributed by atoms with Gasteiger partial charge in [-0.05, 0) is 56.2 Å². The van der Waals surface area contributed by atoms with Crippen molar-refractivity contribution in [2.45, 2.75) is 19.5 Å². The van der Waals surface area contributed by atoms with Gasteiger partial charge in [-0.1, -0.05) is 30.3 Å². The predicted molar refractivity (Wildman–Crippen MR) is 109 cm³/mol. The number of amides is 1. The lowest BCUT2D eigenvalue weighted by Crippen LogP contribution is -2.36. The first-order chi connectivity index (χ1) is 13.0. The summed E-state index contributed by atoms with van der Waals surface area (Å²) >= 11 is 0. The molecule has 0 aliphatic carbocycles. The normalized spacial score (nSPS) is 12.3. The van der Waals surface area contributed by atoms with E-state index in [9.17, 15) is 4.79 Å². The number of para-hydroxylation sites is 1. The highest BCUT2D eigenvalue weighted by molar-refractivity contribution is 5.84. The van der Waals surface area contributed by atoms with Crippen LogP contribution in [0.5, 0.6) is 5.75 Å². The molecule has 0 bridgehead atoms. The SMILES string of the molecule is COc1cccc([C@@H](CNC(=O)Cn2c(C)cc3ccccc32)N(C)C)c1. The Kier molecular flexibility index (Phi) is 5.81. The van der Waals surface area contributed by atoms with Crippen molar-refractivity contribution in [1.29, 1.82) is 0 Å². The fourth-order valence-corrected chi connectivity index (χ4v) is 3.42. The van der Waals surface area contributed by atoms with Crippen molar-refractivity contribution in [2.24, 2.45) is 0 Å². The molecule has 1 atom stereocenters. The fourth-order valence-electron chi connectivity index (χ4n) is 3.42. The molecule has 0 fully saturated rings. The Hall–Kier alpha value is -2.79. The maximum absolute atomic E-state index is 12.6. The molecular formula is C22H27N3O2. The molecule has 0 radical (unpaired) electrons. The monoisotopic (exact) mass is 365 g/mol. The number of rotatable bonds is 7. The molecule has 1 N–H and O–H groups in total. The third-order valence-corrected chi connectivity index (χ3v) is 4.91. The van der Waals surface area contributed by atoms with Gasteiger partial charge >= 0.3 is 0 Å². The van der Waals surface area contributed by atoms with Gasteiger partial charge in [0.05, 0.1) is 13.2 Å². The molecule has 5 nitrogen and oxygen atoms in total. The smallest absolute Gasteiger partial charge is 0.240 e. The second kappa shape index (κ2) is 8.27. The van der Waals surface area contributed by atoms with Gasteiger partial charge in [-0.2, -0.15) is 0 Å². The van der Waals surface area contributed by atoms with E-state index >= 15 is 0 Å². The zero-order chi connectivity index (χ0) is 19.4. The summed E-state index contributed by atoms with van der Waals surface area (Å²) in [6, 6.07) is 18.3. The summed E-state index contributed by atoms with van der Waals surface area (Å²) in [5.74, 6) is 0.828. The number of hydrogen-bond donors (Lipinski definition) is 1. The minimum absolute atomic E-state index is 0.00852. The van der Waals surface area contributed by atoms with E-state index in [0.717, 1.165) is 27.9 Å². The van der Waals surface area contributed by atoms with Crippen LogP contribution in [0.25, 0.3) is 10.9 Å². The molecule has 3 aromatic rings. The van der Waals surface area contributed by atoms with Crippen molar-refractivity contribution >= 4 is 16.8 Å². The number of methoxy groups -OCH3 is 1. The molecule has 0 aliphatic rings. The number of carbonyl (C=O) groups excluding carboxylic acids is 1. The van der Waals surface area contributed by atoms with E-state index < -0.39 is 0 Å². The number of ether oxygens (including phenoxy) is 1. The second-order valence-electron chi connectivity index (χ2n) is 6.99. The standard InChI is InChI=1S/C22H27N3O2/c1-16-12-17-8-5-6-11-20(17)25(16)15-22(26)23-14-21(24(2)3)18-9-7-10-19(13-18)27-4/h5-13,21H,14-15H2,1-4H3,(H,23,26)/t21-/m1/s1. The number of fused-ring (bicyclic) bond motifs is 1. The Morgan fingerprint density at radius 2 is 1.93 bits per heavy atom. The van der Waals surface area contributed by atoms with Crippen LogP contribution in [0.3, 0.4) is 0 Å². The number of aromatic nitrogens is 1. The summed E-state index contributed by atoms with van der Waals surface area (Å²) in [6.45, 7) is 2.89. The quantitative estimate of drug-likeness (QED) is 0.698. The fraction of sp³-hybridized carbons (Fsp3) is 0.318. The van der Waals surface area contributed by atoms with E-state index in [1.807, 2.05) is 51.4 Å². The predicted octanol–water partition coefficient (Wildman–Crippen LogP) is 3.38. The molecule has 1 heterocycles. The van der Waals surface area contributed by atoms with Crippen molar-refractivity contribution < 1.29 is 9.53 Å².